The molecule has 1 rings (SSSR count). The fraction of sp³-hybridized carbons (Fsp3) is 0.846. The zero-order valence-corrected chi connectivity index (χ0v) is 11.2. The normalized spacial score (nSPS) is 24.7. The summed E-state index contributed by atoms with van der Waals surface area (Å²) in [5.74, 6) is -0.828. The Kier molecular flexibility index (Phi) is 6.80. The highest BCUT2D eigenvalue weighted by molar-refractivity contribution is 5.84. The standard InChI is InChI=1S/C13H24N2O4/c14-8-9-3-5-10(6-4-9)12(17)15-11(13(18)19)2-1-7-16/h9-11,16H,1-8,14H2,(H,15,17)(H,18,19). The van der Waals surface area contributed by atoms with Crippen molar-refractivity contribution in [2.24, 2.45) is 17.6 Å². The van der Waals surface area contributed by atoms with E-state index in [4.69, 9.17) is 15.9 Å². The molecule has 1 fully saturated rings. The molecule has 0 aromatic heterocycles. The lowest BCUT2D eigenvalue weighted by molar-refractivity contribution is -0.143. The summed E-state index contributed by atoms with van der Waals surface area (Å²) in [7, 11) is 0. The van der Waals surface area contributed by atoms with Gasteiger partial charge in [0.2, 0.25) is 5.91 Å². The summed E-state index contributed by atoms with van der Waals surface area (Å²) in [6.07, 6.45) is 4.05. The lowest BCUT2D eigenvalue weighted by Crippen LogP contribution is -2.44. The van der Waals surface area contributed by atoms with Crippen LogP contribution in [0, 0.1) is 11.8 Å². The third-order valence-corrected chi connectivity index (χ3v) is 3.82. The van der Waals surface area contributed by atoms with Crippen LogP contribution in [0.4, 0.5) is 0 Å². The summed E-state index contributed by atoms with van der Waals surface area (Å²) in [5, 5.41) is 20.3. The maximum atomic E-state index is 12.0. The number of aliphatic carboxylic acids is 1. The van der Waals surface area contributed by atoms with E-state index in [1.807, 2.05) is 0 Å². The van der Waals surface area contributed by atoms with E-state index in [1.54, 1.807) is 0 Å². The van der Waals surface area contributed by atoms with Crippen molar-refractivity contribution in [1.29, 1.82) is 0 Å². The summed E-state index contributed by atoms with van der Waals surface area (Å²) in [4.78, 5) is 23.0. The first kappa shape index (κ1) is 15.9. The number of aliphatic hydroxyl groups is 1. The fourth-order valence-electron chi connectivity index (χ4n) is 2.50. The number of amides is 1. The zero-order chi connectivity index (χ0) is 14.3. The molecule has 0 bridgehead atoms. The third-order valence-electron chi connectivity index (χ3n) is 3.82. The maximum absolute atomic E-state index is 12.0. The maximum Gasteiger partial charge on any atom is 0.326 e. The van der Waals surface area contributed by atoms with Gasteiger partial charge < -0.3 is 21.3 Å². The van der Waals surface area contributed by atoms with Gasteiger partial charge in [-0.05, 0) is 51.0 Å². The van der Waals surface area contributed by atoms with Crippen LogP contribution in [-0.4, -0.2) is 41.3 Å². The number of aliphatic hydroxyl groups excluding tert-OH is 1. The molecule has 0 aromatic rings. The van der Waals surface area contributed by atoms with Crippen LogP contribution in [0.25, 0.3) is 0 Å². The minimum absolute atomic E-state index is 0.0682. The van der Waals surface area contributed by atoms with E-state index in [2.05, 4.69) is 5.32 Å². The molecule has 1 amide bonds. The van der Waals surface area contributed by atoms with Crippen LogP contribution in [0.5, 0.6) is 0 Å². The topological polar surface area (TPSA) is 113 Å². The van der Waals surface area contributed by atoms with E-state index in [1.165, 1.54) is 0 Å². The van der Waals surface area contributed by atoms with E-state index in [9.17, 15) is 9.59 Å². The van der Waals surface area contributed by atoms with Gasteiger partial charge in [-0.25, -0.2) is 4.79 Å². The van der Waals surface area contributed by atoms with Crippen molar-refractivity contribution >= 4 is 11.9 Å². The van der Waals surface area contributed by atoms with Crippen LogP contribution in [-0.2, 0) is 9.59 Å². The number of carboxylic acids is 1. The number of carboxylic acid groups (broad SMARTS) is 1. The highest BCUT2D eigenvalue weighted by Crippen LogP contribution is 2.28. The van der Waals surface area contributed by atoms with Crippen LogP contribution in [0.15, 0.2) is 0 Å². The molecule has 1 unspecified atom stereocenters. The summed E-state index contributed by atoms with van der Waals surface area (Å²) in [6.45, 7) is 0.587. The van der Waals surface area contributed by atoms with Crippen LogP contribution < -0.4 is 11.1 Å². The molecule has 1 aliphatic carbocycles. The zero-order valence-electron chi connectivity index (χ0n) is 11.2. The first-order valence-corrected chi connectivity index (χ1v) is 6.92. The highest BCUT2D eigenvalue weighted by Gasteiger charge is 2.28. The van der Waals surface area contributed by atoms with E-state index >= 15 is 0 Å². The van der Waals surface area contributed by atoms with Gasteiger partial charge in [-0.3, -0.25) is 4.79 Å². The Bertz CT molecular complexity index is 301. The molecule has 0 heterocycles. The molecular weight excluding hydrogens is 248 g/mol. The largest absolute Gasteiger partial charge is 0.480 e. The molecule has 5 N–H and O–H groups in total. The number of hydrogen-bond donors (Lipinski definition) is 4. The second kappa shape index (κ2) is 8.12. The number of carbonyl (C=O) groups excluding carboxylic acids is 1. The molecule has 1 saturated carbocycles. The molecule has 1 atom stereocenters. The number of carbonyl (C=O) groups is 2. The molecule has 6 heteroatoms. The molecular formula is C13H24N2O4. The van der Waals surface area contributed by atoms with Gasteiger partial charge in [0.05, 0.1) is 0 Å². The van der Waals surface area contributed by atoms with E-state index in [0.29, 0.717) is 18.9 Å². The van der Waals surface area contributed by atoms with Crippen molar-refractivity contribution in [1.82, 2.24) is 5.32 Å². The van der Waals surface area contributed by atoms with Gasteiger partial charge in [0.15, 0.2) is 0 Å². The first-order valence-electron chi connectivity index (χ1n) is 6.92. The molecule has 0 aliphatic heterocycles. The summed E-state index contributed by atoms with van der Waals surface area (Å²) < 4.78 is 0. The predicted molar refractivity (Wildman–Crippen MR) is 70.4 cm³/mol. The smallest absolute Gasteiger partial charge is 0.326 e. The average molecular weight is 272 g/mol. The molecule has 0 spiro atoms. The van der Waals surface area contributed by atoms with Gasteiger partial charge in [0.25, 0.3) is 0 Å². The van der Waals surface area contributed by atoms with E-state index in [0.717, 1.165) is 25.7 Å². The van der Waals surface area contributed by atoms with Crippen LogP contribution in [0.1, 0.15) is 38.5 Å². The molecule has 0 saturated heterocycles. The van der Waals surface area contributed by atoms with Crippen LogP contribution in [0.2, 0.25) is 0 Å². The summed E-state index contributed by atoms with van der Waals surface area (Å²) >= 11 is 0. The molecule has 6 nitrogen and oxygen atoms in total. The van der Waals surface area contributed by atoms with Crippen molar-refractivity contribution in [3.05, 3.63) is 0 Å². The number of nitrogens with two attached hydrogens (primary N) is 1. The number of hydrogen-bond acceptors (Lipinski definition) is 4. The van der Waals surface area contributed by atoms with Gasteiger partial charge in [-0.15, -0.1) is 0 Å². The van der Waals surface area contributed by atoms with Gasteiger partial charge in [-0.2, -0.15) is 0 Å². The van der Waals surface area contributed by atoms with Gasteiger partial charge in [-0.1, -0.05) is 0 Å². The molecule has 19 heavy (non-hydrogen) atoms. The van der Waals surface area contributed by atoms with Crippen LogP contribution in [0.3, 0.4) is 0 Å². The summed E-state index contributed by atoms with van der Waals surface area (Å²) in [5.41, 5.74) is 5.60. The average Bonchev–Trinajstić information content (AvgIpc) is 2.43. The summed E-state index contributed by atoms with van der Waals surface area (Å²) in [6, 6.07) is -0.896. The SMILES string of the molecule is NCC1CCC(C(=O)NC(CCCO)C(=O)O)CC1. The van der Waals surface area contributed by atoms with Crippen molar-refractivity contribution in [2.75, 3.05) is 13.2 Å². The lowest BCUT2D eigenvalue weighted by Gasteiger charge is -2.27. The second-order valence-electron chi connectivity index (χ2n) is 5.22. The van der Waals surface area contributed by atoms with Gasteiger partial charge >= 0.3 is 5.97 Å². The van der Waals surface area contributed by atoms with Crippen molar-refractivity contribution < 1.29 is 19.8 Å². The molecule has 110 valence electrons. The predicted octanol–water partition coefficient (Wildman–Crippen LogP) is 0.0934. The van der Waals surface area contributed by atoms with Crippen molar-refractivity contribution in [3.63, 3.8) is 0 Å². The van der Waals surface area contributed by atoms with E-state index < -0.39 is 12.0 Å². The Morgan fingerprint density at radius 1 is 1.26 bits per heavy atom. The number of nitrogens with one attached hydrogen (secondary N) is 1. The molecule has 1 aliphatic rings. The van der Waals surface area contributed by atoms with Crippen molar-refractivity contribution in [3.8, 4) is 0 Å². The second-order valence-corrected chi connectivity index (χ2v) is 5.22. The Balaban J connectivity index is 2.42. The molecule has 0 aromatic carbocycles. The number of rotatable bonds is 7. The Hall–Kier alpha value is -1.14. The lowest BCUT2D eigenvalue weighted by atomic mass is 9.81. The van der Waals surface area contributed by atoms with Crippen LogP contribution >= 0.6 is 0 Å². The monoisotopic (exact) mass is 272 g/mol. The highest BCUT2D eigenvalue weighted by atomic mass is 16.4. The van der Waals surface area contributed by atoms with Crippen molar-refractivity contribution in [2.45, 2.75) is 44.6 Å². The third kappa shape index (κ3) is 5.16. The Morgan fingerprint density at radius 2 is 1.89 bits per heavy atom. The first-order chi connectivity index (χ1) is 9.08. The molecule has 0 radical (unpaired) electrons. The van der Waals surface area contributed by atoms with E-state index in [-0.39, 0.29) is 24.9 Å². The van der Waals surface area contributed by atoms with Gasteiger partial charge in [0.1, 0.15) is 6.04 Å². The minimum Gasteiger partial charge on any atom is -0.480 e. The quantitative estimate of drug-likeness (QED) is 0.525. The minimum atomic E-state index is -1.04. The Morgan fingerprint density at radius 3 is 2.37 bits per heavy atom. The Labute approximate surface area is 113 Å². The van der Waals surface area contributed by atoms with Gasteiger partial charge in [0, 0.05) is 12.5 Å². The fourth-order valence-corrected chi connectivity index (χ4v) is 2.50.